The zero-order valence-corrected chi connectivity index (χ0v) is 13.0. The van der Waals surface area contributed by atoms with E-state index in [-0.39, 0.29) is 11.9 Å². The molecule has 1 atom stereocenters. The molecular weight excluding hydrogens is 264 g/mol. The SMILES string of the molecule is Cc1ccccc1[C@@H](C(=O)N(C)Cc1ccn[nH]1)N(C)C. The van der Waals surface area contributed by atoms with Gasteiger partial charge in [-0.1, -0.05) is 24.3 Å². The predicted molar refractivity (Wildman–Crippen MR) is 82.7 cm³/mol. The number of aryl methyl sites for hydroxylation is 1. The molecular formula is C16H22N4O. The first kappa shape index (κ1) is 15.3. The van der Waals surface area contributed by atoms with Crippen LogP contribution in [-0.2, 0) is 11.3 Å². The van der Waals surface area contributed by atoms with Crippen molar-refractivity contribution in [3.05, 3.63) is 53.3 Å². The van der Waals surface area contributed by atoms with Crippen molar-refractivity contribution in [1.29, 1.82) is 0 Å². The number of H-pyrrole nitrogens is 1. The van der Waals surface area contributed by atoms with Gasteiger partial charge in [0.05, 0.1) is 12.2 Å². The van der Waals surface area contributed by atoms with Crippen molar-refractivity contribution in [2.45, 2.75) is 19.5 Å². The number of hydrogen-bond acceptors (Lipinski definition) is 3. The van der Waals surface area contributed by atoms with Crippen molar-refractivity contribution in [3.63, 3.8) is 0 Å². The molecule has 5 nitrogen and oxygen atoms in total. The molecule has 1 heterocycles. The van der Waals surface area contributed by atoms with Crippen molar-refractivity contribution >= 4 is 5.91 Å². The van der Waals surface area contributed by atoms with Crippen LogP contribution in [0.1, 0.15) is 22.9 Å². The molecule has 0 radical (unpaired) electrons. The molecule has 0 saturated heterocycles. The smallest absolute Gasteiger partial charge is 0.244 e. The Balaban J connectivity index is 2.22. The molecule has 0 unspecified atom stereocenters. The summed E-state index contributed by atoms with van der Waals surface area (Å²) in [5.41, 5.74) is 3.09. The van der Waals surface area contributed by atoms with Crippen LogP contribution in [0.25, 0.3) is 0 Å². The first-order valence-electron chi connectivity index (χ1n) is 6.96. The molecule has 0 aliphatic carbocycles. The Kier molecular flexibility index (Phi) is 4.75. The molecule has 1 aromatic carbocycles. The Morgan fingerprint density at radius 2 is 1.95 bits per heavy atom. The number of amides is 1. The van der Waals surface area contributed by atoms with Crippen LogP contribution in [0.3, 0.4) is 0 Å². The van der Waals surface area contributed by atoms with E-state index >= 15 is 0 Å². The van der Waals surface area contributed by atoms with E-state index in [1.54, 1.807) is 11.1 Å². The number of nitrogens with zero attached hydrogens (tertiary/aromatic N) is 3. The van der Waals surface area contributed by atoms with Gasteiger partial charge in [0.15, 0.2) is 0 Å². The number of carbonyl (C=O) groups is 1. The highest BCUT2D eigenvalue weighted by Crippen LogP contribution is 2.24. The number of likely N-dealkylation sites (N-methyl/N-ethyl adjacent to an activating group) is 2. The van der Waals surface area contributed by atoms with Crippen LogP contribution in [-0.4, -0.2) is 47.0 Å². The van der Waals surface area contributed by atoms with E-state index in [0.29, 0.717) is 6.54 Å². The van der Waals surface area contributed by atoms with Crippen LogP contribution in [0.5, 0.6) is 0 Å². The van der Waals surface area contributed by atoms with E-state index < -0.39 is 0 Å². The molecule has 0 saturated carbocycles. The highest BCUT2D eigenvalue weighted by Gasteiger charge is 2.27. The maximum atomic E-state index is 12.8. The lowest BCUT2D eigenvalue weighted by Crippen LogP contribution is -2.38. The third-order valence-electron chi connectivity index (χ3n) is 3.58. The Hall–Kier alpha value is -2.14. The third-order valence-corrected chi connectivity index (χ3v) is 3.58. The van der Waals surface area contributed by atoms with Gasteiger partial charge < -0.3 is 4.90 Å². The van der Waals surface area contributed by atoms with Crippen molar-refractivity contribution in [3.8, 4) is 0 Å². The number of nitrogens with one attached hydrogen (secondary N) is 1. The van der Waals surface area contributed by atoms with Gasteiger partial charge in [-0.25, -0.2) is 0 Å². The van der Waals surface area contributed by atoms with E-state index in [4.69, 9.17) is 0 Å². The fourth-order valence-electron chi connectivity index (χ4n) is 2.44. The second kappa shape index (κ2) is 6.54. The van der Waals surface area contributed by atoms with Gasteiger partial charge in [-0.15, -0.1) is 0 Å². The summed E-state index contributed by atoms with van der Waals surface area (Å²) in [6, 6.07) is 9.61. The Bertz CT molecular complexity index is 592. The summed E-state index contributed by atoms with van der Waals surface area (Å²) in [6.45, 7) is 2.56. The maximum Gasteiger partial charge on any atom is 0.244 e. The Labute approximate surface area is 125 Å². The van der Waals surface area contributed by atoms with Crippen LogP contribution in [0.15, 0.2) is 36.5 Å². The molecule has 1 aromatic heterocycles. The monoisotopic (exact) mass is 286 g/mol. The van der Waals surface area contributed by atoms with Gasteiger partial charge in [0.1, 0.15) is 6.04 Å². The molecule has 0 aliphatic rings. The van der Waals surface area contributed by atoms with Crippen LogP contribution in [0, 0.1) is 6.92 Å². The second-order valence-electron chi connectivity index (χ2n) is 5.50. The molecule has 1 amide bonds. The fourth-order valence-corrected chi connectivity index (χ4v) is 2.44. The third kappa shape index (κ3) is 3.49. The van der Waals surface area contributed by atoms with Gasteiger partial charge in [0, 0.05) is 13.2 Å². The maximum absolute atomic E-state index is 12.8. The predicted octanol–water partition coefficient (Wildman–Crippen LogP) is 1.98. The van der Waals surface area contributed by atoms with Crippen molar-refractivity contribution in [2.24, 2.45) is 0 Å². The molecule has 112 valence electrons. The average Bonchev–Trinajstić information content (AvgIpc) is 2.93. The number of carbonyl (C=O) groups excluding carboxylic acids is 1. The molecule has 21 heavy (non-hydrogen) atoms. The average molecular weight is 286 g/mol. The van der Waals surface area contributed by atoms with E-state index in [1.165, 1.54) is 0 Å². The van der Waals surface area contributed by atoms with Gasteiger partial charge in [-0.05, 0) is 38.2 Å². The molecule has 2 aromatic rings. The van der Waals surface area contributed by atoms with Crippen LogP contribution in [0.4, 0.5) is 0 Å². The Morgan fingerprint density at radius 1 is 1.24 bits per heavy atom. The van der Waals surface area contributed by atoms with Crippen LogP contribution >= 0.6 is 0 Å². The lowest BCUT2D eigenvalue weighted by molar-refractivity contribution is -0.135. The standard InChI is InChI=1S/C16H22N4O/c1-12-7-5-6-8-14(12)15(19(2)3)16(21)20(4)11-13-9-10-17-18-13/h5-10,15H,11H2,1-4H3,(H,17,18)/t15-/m0/s1. The molecule has 5 heteroatoms. The van der Waals surface area contributed by atoms with Gasteiger partial charge in [-0.3, -0.25) is 14.8 Å². The minimum Gasteiger partial charge on any atom is -0.338 e. The summed E-state index contributed by atoms with van der Waals surface area (Å²) in [5, 5.41) is 6.80. The number of benzene rings is 1. The second-order valence-corrected chi connectivity index (χ2v) is 5.50. The topological polar surface area (TPSA) is 52.2 Å². The lowest BCUT2D eigenvalue weighted by Gasteiger charge is -2.29. The molecule has 0 fully saturated rings. The fraction of sp³-hybridized carbons (Fsp3) is 0.375. The van der Waals surface area contributed by atoms with Crippen LogP contribution < -0.4 is 0 Å². The van der Waals surface area contributed by atoms with E-state index in [0.717, 1.165) is 16.8 Å². The number of aromatic nitrogens is 2. The normalized spacial score (nSPS) is 12.4. The van der Waals surface area contributed by atoms with Gasteiger partial charge >= 0.3 is 0 Å². The quantitative estimate of drug-likeness (QED) is 0.914. The van der Waals surface area contributed by atoms with Gasteiger partial charge in [0.25, 0.3) is 0 Å². The summed E-state index contributed by atoms with van der Waals surface area (Å²) < 4.78 is 0. The first-order chi connectivity index (χ1) is 10.0. The molecule has 2 rings (SSSR count). The van der Waals surface area contributed by atoms with Crippen molar-refractivity contribution in [2.75, 3.05) is 21.1 Å². The zero-order chi connectivity index (χ0) is 15.4. The number of aromatic amines is 1. The van der Waals surface area contributed by atoms with Crippen molar-refractivity contribution in [1.82, 2.24) is 20.0 Å². The molecule has 1 N–H and O–H groups in total. The van der Waals surface area contributed by atoms with E-state index in [2.05, 4.69) is 10.2 Å². The number of rotatable bonds is 5. The number of hydrogen-bond donors (Lipinski definition) is 1. The largest absolute Gasteiger partial charge is 0.338 e. The summed E-state index contributed by atoms with van der Waals surface area (Å²) >= 11 is 0. The lowest BCUT2D eigenvalue weighted by atomic mass is 9.99. The summed E-state index contributed by atoms with van der Waals surface area (Å²) in [4.78, 5) is 16.5. The van der Waals surface area contributed by atoms with Gasteiger partial charge in [-0.2, -0.15) is 5.10 Å². The first-order valence-corrected chi connectivity index (χ1v) is 6.96. The molecule has 0 bridgehead atoms. The Morgan fingerprint density at radius 3 is 2.52 bits per heavy atom. The minimum atomic E-state index is -0.279. The van der Waals surface area contributed by atoms with Crippen LogP contribution in [0.2, 0.25) is 0 Å². The van der Waals surface area contributed by atoms with Gasteiger partial charge in [0.2, 0.25) is 5.91 Å². The highest BCUT2D eigenvalue weighted by molar-refractivity contribution is 5.83. The highest BCUT2D eigenvalue weighted by atomic mass is 16.2. The van der Waals surface area contributed by atoms with Crippen molar-refractivity contribution < 1.29 is 4.79 Å². The summed E-state index contributed by atoms with van der Waals surface area (Å²) in [6.07, 6.45) is 1.69. The summed E-state index contributed by atoms with van der Waals surface area (Å²) in [5.74, 6) is 0.0731. The van der Waals surface area contributed by atoms with E-state index in [9.17, 15) is 4.79 Å². The minimum absolute atomic E-state index is 0.0731. The molecule has 0 spiro atoms. The zero-order valence-electron chi connectivity index (χ0n) is 13.0. The summed E-state index contributed by atoms with van der Waals surface area (Å²) in [7, 11) is 5.68. The molecule has 0 aliphatic heterocycles. The van der Waals surface area contributed by atoms with E-state index in [1.807, 2.05) is 63.3 Å².